The average Bonchev–Trinajstić information content (AvgIpc) is 3.71. The fraction of sp³-hybridized carbons (Fsp3) is 0.0149. The first-order chi connectivity index (χ1) is 34.2. The number of hydrogen-bond acceptors (Lipinski definition) is 2. The van der Waals surface area contributed by atoms with Crippen LogP contribution in [0.5, 0.6) is 11.5 Å². The Labute approximate surface area is 401 Å². The van der Waals surface area contributed by atoms with E-state index >= 15 is 0 Å². The summed E-state index contributed by atoms with van der Waals surface area (Å²) in [6, 6.07) is 95.5. The van der Waals surface area contributed by atoms with Gasteiger partial charge in [-0.2, -0.15) is 0 Å². The van der Waals surface area contributed by atoms with Crippen LogP contribution >= 0.6 is 0 Å². The van der Waals surface area contributed by atoms with Gasteiger partial charge in [-0.25, -0.2) is 0 Å². The molecule has 0 aromatic heterocycles. The Kier molecular flexibility index (Phi) is 8.84. The van der Waals surface area contributed by atoms with E-state index in [1.807, 2.05) is 0 Å². The maximum Gasteiger partial charge on any atom is 0.140 e. The molecule has 2 heteroatoms. The largest absolute Gasteiger partial charge is 0.455 e. The summed E-state index contributed by atoms with van der Waals surface area (Å²) in [5, 5.41) is 7.04. The summed E-state index contributed by atoms with van der Waals surface area (Å²) >= 11 is 0. The summed E-state index contributed by atoms with van der Waals surface area (Å²) in [6.07, 6.45) is 0. The molecule has 0 saturated heterocycles. The molecule has 1 heterocycles. The Morgan fingerprint density at radius 2 is 0.783 bits per heavy atom. The molecule has 0 amide bonds. The van der Waals surface area contributed by atoms with Crippen molar-refractivity contribution in [3.05, 3.63) is 283 Å². The van der Waals surface area contributed by atoms with Crippen LogP contribution in [0.1, 0.15) is 22.3 Å². The molecule has 0 radical (unpaired) electrons. The quantitative estimate of drug-likeness (QED) is 0.165. The molecule has 0 atom stereocenters. The van der Waals surface area contributed by atoms with Gasteiger partial charge in [0.2, 0.25) is 0 Å². The van der Waals surface area contributed by atoms with Gasteiger partial charge < -0.3 is 9.64 Å². The molecule has 1 aliphatic carbocycles. The van der Waals surface area contributed by atoms with Gasteiger partial charge in [-0.05, 0) is 108 Å². The number of benzene rings is 12. The zero-order valence-electron chi connectivity index (χ0n) is 37.7. The molecule has 69 heavy (non-hydrogen) atoms. The number of ether oxygens (including phenoxy) is 1. The topological polar surface area (TPSA) is 12.5 Å². The van der Waals surface area contributed by atoms with Crippen molar-refractivity contribution in [1.82, 2.24) is 0 Å². The van der Waals surface area contributed by atoms with Gasteiger partial charge in [0.25, 0.3) is 0 Å². The number of nitrogens with zero attached hydrogens (tertiary/aromatic N) is 1. The lowest BCUT2D eigenvalue weighted by atomic mass is 9.65. The third-order valence-electron chi connectivity index (χ3n) is 14.7. The molecule has 0 unspecified atom stereocenters. The Morgan fingerprint density at radius 1 is 0.275 bits per heavy atom. The highest BCUT2D eigenvalue weighted by atomic mass is 16.5. The van der Waals surface area contributed by atoms with Crippen LogP contribution < -0.4 is 9.64 Å². The van der Waals surface area contributed by atoms with Gasteiger partial charge in [-0.1, -0.05) is 224 Å². The van der Waals surface area contributed by atoms with Crippen LogP contribution in [0.3, 0.4) is 0 Å². The fourth-order valence-electron chi connectivity index (χ4n) is 11.6. The third kappa shape index (κ3) is 5.99. The standard InChI is InChI=1S/C67H43NO/c1-2-16-45(17-3-1)55-25-11-13-31-64(55)68(51-37-32-48(33-38-51)54-29-15-21-44-18-4-7-24-53(44)54)52-23-14-22-49(42-52)50-34-39-59-58-28-10-12-30-60(58)67(63(59)43-50)61-40-35-46-19-5-8-26-56(46)65(61)69-66-57-27-9-6-20-47(57)36-41-62(66)67/h1-43H. The van der Waals surface area contributed by atoms with E-state index < -0.39 is 5.41 Å². The number of rotatable bonds is 6. The maximum atomic E-state index is 7.25. The predicted octanol–water partition coefficient (Wildman–Crippen LogP) is 18.1. The lowest BCUT2D eigenvalue weighted by Crippen LogP contribution is -2.32. The smallest absolute Gasteiger partial charge is 0.140 e. The van der Waals surface area contributed by atoms with Crippen LogP contribution in [0.2, 0.25) is 0 Å². The zero-order chi connectivity index (χ0) is 45.5. The van der Waals surface area contributed by atoms with Crippen molar-refractivity contribution >= 4 is 49.4 Å². The number of fused-ring (bicyclic) bond motifs is 14. The Morgan fingerprint density at radius 3 is 1.52 bits per heavy atom. The molecular formula is C67H43NO. The first kappa shape index (κ1) is 39.2. The van der Waals surface area contributed by atoms with E-state index in [0.717, 1.165) is 77.9 Å². The normalized spacial score (nSPS) is 12.9. The van der Waals surface area contributed by atoms with Crippen LogP contribution in [0.15, 0.2) is 261 Å². The van der Waals surface area contributed by atoms with Crippen molar-refractivity contribution in [3.63, 3.8) is 0 Å². The van der Waals surface area contributed by atoms with E-state index in [9.17, 15) is 0 Å². The van der Waals surface area contributed by atoms with Gasteiger partial charge in [-0.15, -0.1) is 0 Å². The van der Waals surface area contributed by atoms with E-state index in [1.165, 1.54) is 49.7 Å². The first-order valence-electron chi connectivity index (χ1n) is 23.8. The van der Waals surface area contributed by atoms with Crippen molar-refractivity contribution in [3.8, 4) is 56.0 Å². The Balaban J connectivity index is 0.968. The van der Waals surface area contributed by atoms with Crippen molar-refractivity contribution < 1.29 is 4.74 Å². The first-order valence-corrected chi connectivity index (χ1v) is 23.8. The van der Waals surface area contributed by atoms with Crippen molar-refractivity contribution in [2.75, 3.05) is 4.90 Å². The van der Waals surface area contributed by atoms with Gasteiger partial charge >= 0.3 is 0 Å². The predicted molar refractivity (Wildman–Crippen MR) is 287 cm³/mol. The summed E-state index contributed by atoms with van der Waals surface area (Å²) < 4.78 is 7.25. The molecule has 12 aromatic carbocycles. The lowest BCUT2D eigenvalue weighted by molar-refractivity contribution is 0.447. The summed E-state index contributed by atoms with van der Waals surface area (Å²) in [7, 11) is 0. The summed E-state index contributed by atoms with van der Waals surface area (Å²) in [4.78, 5) is 2.42. The summed E-state index contributed by atoms with van der Waals surface area (Å²) in [6.45, 7) is 0. The monoisotopic (exact) mass is 877 g/mol. The van der Waals surface area contributed by atoms with Gasteiger partial charge in [-0.3, -0.25) is 0 Å². The van der Waals surface area contributed by atoms with E-state index in [-0.39, 0.29) is 0 Å². The molecule has 1 spiro atoms. The molecule has 322 valence electrons. The van der Waals surface area contributed by atoms with E-state index in [2.05, 4.69) is 266 Å². The van der Waals surface area contributed by atoms with Gasteiger partial charge in [0, 0.05) is 38.8 Å². The molecule has 0 saturated carbocycles. The minimum Gasteiger partial charge on any atom is -0.455 e. The van der Waals surface area contributed by atoms with Crippen molar-refractivity contribution in [2.45, 2.75) is 5.41 Å². The number of hydrogen-bond donors (Lipinski definition) is 0. The van der Waals surface area contributed by atoms with E-state index in [1.54, 1.807) is 0 Å². The second-order valence-electron chi connectivity index (χ2n) is 18.3. The molecule has 0 N–H and O–H groups in total. The van der Waals surface area contributed by atoms with Crippen LogP contribution in [0.4, 0.5) is 17.1 Å². The second kappa shape index (κ2) is 15.6. The van der Waals surface area contributed by atoms with Crippen molar-refractivity contribution in [1.29, 1.82) is 0 Å². The maximum absolute atomic E-state index is 7.25. The summed E-state index contributed by atoms with van der Waals surface area (Å²) in [5.74, 6) is 1.84. The van der Waals surface area contributed by atoms with Gasteiger partial charge in [0.15, 0.2) is 0 Å². The highest BCUT2D eigenvalue weighted by molar-refractivity contribution is 6.01. The Bertz CT molecular complexity index is 3910. The molecule has 2 nitrogen and oxygen atoms in total. The van der Waals surface area contributed by atoms with Crippen LogP contribution in [0.25, 0.3) is 76.8 Å². The van der Waals surface area contributed by atoms with Gasteiger partial charge in [0.1, 0.15) is 11.5 Å². The van der Waals surface area contributed by atoms with Crippen LogP contribution in [0, 0.1) is 0 Å². The fourth-order valence-corrected chi connectivity index (χ4v) is 11.6. The highest BCUT2D eigenvalue weighted by Gasteiger charge is 2.52. The molecule has 14 rings (SSSR count). The molecular weight excluding hydrogens is 835 g/mol. The number of para-hydroxylation sites is 1. The minimum atomic E-state index is -0.636. The minimum absolute atomic E-state index is 0.636. The molecule has 0 bridgehead atoms. The SMILES string of the molecule is c1ccc(-c2ccccc2N(c2ccc(-c3cccc4ccccc34)cc2)c2cccc(-c3ccc4c(c3)C3(c5ccccc5-4)c4ccc5ccccc5c4Oc4c3ccc3ccccc43)c2)cc1. The molecule has 1 aliphatic heterocycles. The van der Waals surface area contributed by atoms with Crippen molar-refractivity contribution in [2.24, 2.45) is 0 Å². The van der Waals surface area contributed by atoms with Gasteiger partial charge in [0.05, 0.1) is 11.1 Å². The summed E-state index contributed by atoms with van der Waals surface area (Å²) in [5.41, 5.74) is 17.0. The second-order valence-corrected chi connectivity index (χ2v) is 18.3. The van der Waals surface area contributed by atoms with Crippen LogP contribution in [-0.4, -0.2) is 0 Å². The zero-order valence-corrected chi connectivity index (χ0v) is 37.7. The molecule has 2 aliphatic rings. The van der Waals surface area contributed by atoms with E-state index in [0.29, 0.717) is 0 Å². The number of anilines is 3. The molecule has 12 aromatic rings. The highest BCUT2D eigenvalue weighted by Crippen LogP contribution is 2.64. The van der Waals surface area contributed by atoms with E-state index in [4.69, 9.17) is 4.74 Å². The average molecular weight is 878 g/mol. The third-order valence-corrected chi connectivity index (χ3v) is 14.7. The Hall–Kier alpha value is -8.98. The lowest BCUT2D eigenvalue weighted by Gasteiger charge is -2.40. The van der Waals surface area contributed by atoms with Crippen LogP contribution in [-0.2, 0) is 5.41 Å². The molecule has 0 fully saturated rings.